The molecule has 2 aliphatic carbocycles. The zero-order chi connectivity index (χ0) is 25.4. The topological polar surface area (TPSA) is 134 Å². The maximum atomic E-state index is 15.4. The summed E-state index contributed by atoms with van der Waals surface area (Å²) in [7, 11) is 0. The average molecular weight is 493 g/mol. The summed E-state index contributed by atoms with van der Waals surface area (Å²) in [6, 6.07) is 5.22. The fourth-order valence-corrected chi connectivity index (χ4v) is 5.90. The number of amides is 1. The predicted molar refractivity (Wildman–Crippen MR) is 118 cm³/mol. The van der Waals surface area contributed by atoms with Crippen molar-refractivity contribution in [1.29, 1.82) is 0 Å². The maximum Gasteiger partial charge on any atom is 0.296 e. The lowest BCUT2D eigenvalue weighted by Gasteiger charge is -2.37. The number of fused-ring (bicyclic) bond motifs is 5. The van der Waals surface area contributed by atoms with Gasteiger partial charge in [0.15, 0.2) is 5.82 Å². The first-order valence-electron chi connectivity index (χ1n) is 11.1. The van der Waals surface area contributed by atoms with Crippen molar-refractivity contribution in [1.82, 2.24) is 30.3 Å². The normalized spacial score (nSPS) is 21.5. The molecule has 4 aromatic rings. The van der Waals surface area contributed by atoms with Gasteiger partial charge in [-0.2, -0.15) is 10.1 Å². The van der Waals surface area contributed by atoms with Gasteiger partial charge in [0.25, 0.3) is 17.6 Å². The predicted octanol–water partition coefficient (Wildman–Crippen LogP) is 3.70. The van der Waals surface area contributed by atoms with Crippen LogP contribution in [0.3, 0.4) is 0 Å². The average Bonchev–Trinajstić information content (AvgIpc) is 3.48. The molecule has 0 unspecified atom stereocenters. The van der Waals surface area contributed by atoms with Crippen LogP contribution >= 0.6 is 0 Å². The van der Waals surface area contributed by atoms with Gasteiger partial charge in [-0.3, -0.25) is 4.79 Å². The molecule has 2 bridgehead atoms. The van der Waals surface area contributed by atoms with Gasteiger partial charge in [0, 0.05) is 0 Å². The quantitative estimate of drug-likeness (QED) is 0.455. The first-order chi connectivity index (χ1) is 17.1. The van der Waals surface area contributed by atoms with Crippen molar-refractivity contribution < 1.29 is 22.5 Å². The Morgan fingerprint density at radius 3 is 2.53 bits per heavy atom. The summed E-state index contributed by atoms with van der Waals surface area (Å²) in [5, 5.41) is 12.0. The number of hydrogen-bond acceptors (Lipinski definition) is 8. The highest BCUT2D eigenvalue weighted by Crippen LogP contribution is 2.69. The molecule has 3 heterocycles. The number of benzene rings is 1. The van der Waals surface area contributed by atoms with E-state index in [9.17, 15) is 13.6 Å². The Morgan fingerprint density at radius 2 is 1.83 bits per heavy atom. The Morgan fingerprint density at radius 1 is 1.08 bits per heavy atom. The molecule has 0 spiro atoms. The lowest BCUT2D eigenvalue weighted by atomic mass is 9.66. The summed E-state index contributed by atoms with van der Waals surface area (Å²) >= 11 is 0. The molecule has 0 radical (unpaired) electrons. The van der Waals surface area contributed by atoms with E-state index in [1.54, 1.807) is 6.07 Å². The third-order valence-corrected chi connectivity index (χ3v) is 7.59. The van der Waals surface area contributed by atoms with Gasteiger partial charge in [-0.05, 0) is 47.9 Å². The number of halogens is 3. The summed E-state index contributed by atoms with van der Waals surface area (Å²) < 4.78 is 49.4. The molecular formula is C24H18F3N7O2. The van der Waals surface area contributed by atoms with Crippen LogP contribution in [0.5, 0.6) is 0 Å². The zero-order valence-corrected chi connectivity index (χ0v) is 19.1. The molecule has 2 atom stereocenters. The fraction of sp³-hybridized carbons (Fsp3) is 0.292. The Bertz CT molecular complexity index is 1550. The number of carbonyl (C=O) groups is 1. The van der Waals surface area contributed by atoms with Crippen LogP contribution in [0.25, 0.3) is 23.0 Å². The molecular weight excluding hydrogens is 475 g/mol. The smallest absolute Gasteiger partial charge is 0.296 e. The molecule has 0 aliphatic heterocycles. The molecule has 6 rings (SSSR count). The first-order valence-corrected chi connectivity index (χ1v) is 11.1. The molecule has 9 nitrogen and oxygen atoms in total. The van der Waals surface area contributed by atoms with E-state index < -0.39 is 34.2 Å². The molecule has 1 aromatic carbocycles. The minimum atomic E-state index is -0.999. The Kier molecular flexibility index (Phi) is 4.57. The fourth-order valence-electron chi connectivity index (χ4n) is 5.90. The van der Waals surface area contributed by atoms with Gasteiger partial charge in [-0.15, -0.1) is 5.10 Å². The van der Waals surface area contributed by atoms with Crippen LogP contribution in [0.4, 0.5) is 13.2 Å². The van der Waals surface area contributed by atoms with E-state index in [0.29, 0.717) is 18.5 Å². The van der Waals surface area contributed by atoms with Gasteiger partial charge in [0.2, 0.25) is 5.82 Å². The molecule has 1 fully saturated rings. The largest absolute Gasteiger partial charge is 0.363 e. The lowest BCUT2D eigenvalue weighted by Crippen LogP contribution is -2.39. The number of hydrogen-bond donors (Lipinski definition) is 1. The number of rotatable bonds is 4. The molecule has 182 valence electrons. The molecule has 2 N–H and O–H groups in total. The highest BCUT2D eigenvalue weighted by Gasteiger charge is 2.66. The summed E-state index contributed by atoms with van der Waals surface area (Å²) in [6.07, 6.45) is 2.19. The van der Waals surface area contributed by atoms with Gasteiger partial charge in [-0.1, -0.05) is 25.1 Å². The van der Waals surface area contributed by atoms with Crippen molar-refractivity contribution in [3.63, 3.8) is 0 Å². The monoisotopic (exact) mass is 493 g/mol. The summed E-state index contributed by atoms with van der Waals surface area (Å²) in [5.74, 6) is -3.77. The third-order valence-electron chi connectivity index (χ3n) is 7.59. The standard InChI is InChI=1S/C24H18F3N7O2/c1-23(2)11-6-7-24(23,17-10(11)8-15(32-33-17)16-12(25)4-3-5-13(16)26)18-14(27)9-29-21(30-18)22-31-20(19(28)35)34-36-22/h3-5,8-9,11H,6-7H2,1-2H3,(H2,28,35)/t11-,24+/m0/s1. The van der Waals surface area contributed by atoms with E-state index in [1.807, 2.05) is 13.8 Å². The summed E-state index contributed by atoms with van der Waals surface area (Å²) in [5.41, 5.74) is 4.72. The van der Waals surface area contributed by atoms with Crippen molar-refractivity contribution in [2.75, 3.05) is 0 Å². The molecule has 2 aliphatic rings. The van der Waals surface area contributed by atoms with Crippen LogP contribution < -0.4 is 5.73 Å². The van der Waals surface area contributed by atoms with Crippen LogP contribution in [0.15, 0.2) is 35.0 Å². The van der Waals surface area contributed by atoms with Crippen LogP contribution in [0, 0.1) is 22.9 Å². The second kappa shape index (κ2) is 7.39. The second-order valence-corrected chi connectivity index (χ2v) is 9.53. The zero-order valence-electron chi connectivity index (χ0n) is 19.1. The number of carbonyl (C=O) groups excluding carboxylic acids is 1. The molecule has 0 saturated heterocycles. The number of nitrogens with two attached hydrogens (primary N) is 1. The van der Waals surface area contributed by atoms with Crippen molar-refractivity contribution in [3.05, 3.63) is 70.7 Å². The van der Waals surface area contributed by atoms with Crippen LogP contribution in [0.2, 0.25) is 0 Å². The summed E-state index contributed by atoms with van der Waals surface area (Å²) in [4.78, 5) is 23.6. The van der Waals surface area contributed by atoms with E-state index in [0.717, 1.165) is 23.9 Å². The van der Waals surface area contributed by atoms with Gasteiger partial charge in [0.1, 0.15) is 11.6 Å². The van der Waals surface area contributed by atoms with E-state index in [-0.39, 0.29) is 40.4 Å². The first kappa shape index (κ1) is 22.3. The molecule has 36 heavy (non-hydrogen) atoms. The van der Waals surface area contributed by atoms with Gasteiger partial charge < -0.3 is 10.3 Å². The number of primary amides is 1. The van der Waals surface area contributed by atoms with E-state index in [4.69, 9.17) is 10.3 Å². The highest BCUT2D eigenvalue weighted by molar-refractivity contribution is 5.88. The van der Waals surface area contributed by atoms with E-state index >= 15 is 4.39 Å². The molecule has 1 amide bonds. The van der Waals surface area contributed by atoms with Crippen molar-refractivity contribution in [2.24, 2.45) is 11.1 Å². The molecule has 12 heteroatoms. The SMILES string of the molecule is CC1(C)[C@H]2CC[C@]1(c1nc(-c3nc(C(N)=O)no3)ncc1F)c1nnc(-c3c(F)cccc3F)cc12. The van der Waals surface area contributed by atoms with Crippen molar-refractivity contribution in [3.8, 4) is 23.0 Å². The summed E-state index contributed by atoms with van der Waals surface area (Å²) in [6.45, 7) is 3.96. The van der Waals surface area contributed by atoms with Crippen LogP contribution in [-0.2, 0) is 5.41 Å². The van der Waals surface area contributed by atoms with Crippen LogP contribution in [-0.4, -0.2) is 36.2 Å². The Hall–Kier alpha value is -4.22. The Labute approximate surface area is 202 Å². The van der Waals surface area contributed by atoms with E-state index in [1.165, 1.54) is 6.07 Å². The number of nitrogens with zero attached hydrogens (tertiary/aromatic N) is 6. The minimum absolute atomic E-state index is 0.0662. The van der Waals surface area contributed by atoms with E-state index in [2.05, 4.69) is 30.3 Å². The van der Waals surface area contributed by atoms with Gasteiger partial charge in [-0.25, -0.2) is 23.1 Å². The number of aromatic nitrogens is 6. The van der Waals surface area contributed by atoms with Crippen molar-refractivity contribution in [2.45, 2.75) is 38.0 Å². The maximum absolute atomic E-state index is 15.4. The van der Waals surface area contributed by atoms with Gasteiger partial charge in [0.05, 0.1) is 34.3 Å². The van der Waals surface area contributed by atoms with Crippen molar-refractivity contribution >= 4 is 5.91 Å². The second-order valence-electron chi connectivity index (χ2n) is 9.53. The third kappa shape index (κ3) is 2.80. The lowest BCUT2D eigenvalue weighted by molar-refractivity contribution is 0.0987. The molecule has 1 saturated carbocycles. The van der Waals surface area contributed by atoms with Crippen LogP contribution in [0.1, 0.15) is 60.2 Å². The molecule has 3 aromatic heterocycles. The van der Waals surface area contributed by atoms with Gasteiger partial charge >= 0.3 is 0 Å². The Balaban J connectivity index is 1.53. The highest BCUT2D eigenvalue weighted by atomic mass is 19.1. The minimum Gasteiger partial charge on any atom is -0.363 e.